The van der Waals surface area contributed by atoms with Crippen molar-refractivity contribution in [3.8, 4) is 0 Å². The highest BCUT2D eigenvalue weighted by atomic mass is 16.4. The minimum atomic E-state index is -0.833. The Morgan fingerprint density at radius 1 is 1.58 bits per heavy atom. The van der Waals surface area contributed by atoms with E-state index in [1.54, 1.807) is 0 Å². The average molecular weight is 179 g/mol. The van der Waals surface area contributed by atoms with Gasteiger partial charge in [-0.25, -0.2) is 0 Å². The van der Waals surface area contributed by atoms with Gasteiger partial charge in [-0.05, 0) is 13.0 Å². The van der Waals surface area contributed by atoms with Crippen LogP contribution >= 0.6 is 0 Å². The van der Waals surface area contributed by atoms with Gasteiger partial charge >= 0.3 is 0 Å². The van der Waals surface area contributed by atoms with Crippen LogP contribution in [0.2, 0.25) is 0 Å². The standard InChI is InChI=1S/C5H14N2.C2H4O2.H3N/c1-3-5(6)7-4-2;1-2(3)4;/h5,7H,3-4,6H2,1-2H3;1H3,(H,3,4);1H3. The second-order valence-electron chi connectivity index (χ2n) is 2.09. The van der Waals surface area contributed by atoms with E-state index < -0.39 is 5.97 Å². The van der Waals surface area contributed by atoms with Crippen LogP contribution in [0.4, 0.5) is 0 Å². The molecule has 7 N–H and O–H groups in total. The van der Waals surface area contributed by atoms with Gasteiger partial charge in [0.25, 0.3) is 5.97 Å². The molecule has 0 aliphatic heterocycles. The van der Waals surface area contributed by atoms with E-state index in [-0.39, 0.29) is 12.3 Å². The van der Waals surface area contributed by atoms with Gasteiger partial charge in [0.1, 0.15) is 0 Å². The second-order valence-corrected chi connectivity index (χ2v) is 2.09. The normalized spacial score (nSPS) is 10.3. The fourth-order valence-corrected chi connectivity index (χ4v) is 0.407. The summed E-state index contributed by atoms with van der Waals surface area (Å²) in [5.74, 6) is -0.833. The monoisotopic (exact) mass is 179 g/mol. The summed E-state index contributed by atoms with van der Waals surface area (Å²) in [5.41, 5.74) is 5.47. The smallest absolute Gasteiger partial charge is 0.300 e. The van der Waals surface area contributed by atoms with Crippen LogP contribution in [0.3, 0.4) is 0 Å². The largest absolute Gasteiger partial charge is 0.481 e. The van der Waals surface area contributed by atoms with E-state index in [2.05, 4.69) is 19.2 Å². The summed E-state index contributed by atoms with van der Waals surface area (Å²) in [6.45, 7) is 6.16. The number of hydrogen-bond donors (Lipinski definition) is 4. The molecule has 12 heavy (non-hydrogen) atoms. The molecule has 76 valence electrons. The van der Waals surface area contributed by atoms with Crippen LogP contribution in [0.25, 0.3) is 0 Å². The number of aliphatic carboxylic acids is 1. The number of nitrogens with two attached hydrogens (primary N) is 1. The fraction of sp³-hybridized carbons (Fsp3) is 0.857. The maximum Gasteiger partial charge on any atom is 0.300 e. The van der Waals surface area contributed by atoms with Gasteiger partial charge < -0.3 is 22.3 Å². The second kappa shape index (κ2) is 13.0. The van der Waals surface area contributed by atoms with Gasteiger partial charge in [0.2, 0.25) is 0 Å². The van der Waals surface area contributed by atoms with Crippen molar-refractivity contribution in [2.75, 3.05) is 6.54 Å². The molecule has 1 atom stereocenters. The number of carbonyl (C=O) groups is 1. The average Bonchev–Trinajstić information content (AvgIpc) is 1.87. The van der Waals surface area contributed by atoms with Gasteiger partial charge in [0.15, 0.2) is 0 Å². The van der Waals surface area contributed by atoms with E-state index in [4.69, 9.17) is 15.6 Å². The van der Waals surface area contributed by atoms with Crippen molar-refractivity contribution < 1.29 is 9.90 Å². The van der Waals surface area contributed by atoms with Crippen molar-refractivity contribution >= 4 is 5.97 Å². The van der Waals surface area contributed by atoms with Crippen molar-refractivity contribution in [1.29, 1.82) is 0 Å². The van der Waals surface area contributed by atoms with Crippen LogP contribution < -0.4 is 17.2 Å². The molecule has 0 saturated carbocycles. The van der Waals surface area contributed by atoms with E-state index in [0.717, 1.165) is 19.9 Å². The highest BCUT2D eigenvalue weighted by molar-refractivity contribution is 5.62. The Hall–Kier alpha value is -0.650. The lowest BCUT2D eigenvalue weighted by atomic mass is 10.4. The van der Waals surface area contributed by atoms with Crippen molar-refractivity contribution in [3.63, 3.8) is 0 Å². The van der Waals surface area contributed by atoms with Gasteiger partial charge in [0, 0.05) is 6.92 Å². The lowest BCUT2D eigenvalue weighted by Gasteiger charge is -2.06. The predicted octanol–water partition coefficient (Wildman–Crippen LogP) is 0.544. The van der Waals surface area contributed by atoms with E-state index >= 15 is 0 Å². The number of hydrogen-bond acceptors (Lipinski definition) is 4. The molecule has 0 aromatic rings. The van der Waals surface area contributed by atoms with Crippen molar-refractivity contribution in [2.24, 2.45) is 5.73 Å². The molecule has 0 spiro atoms. The van der Waals surface area contributed by atoms with Gasteiger partial charge in [-0.2, -0.15) is 0 Å². The number of rotatable bonds is 3. The third-order valence-electron chi connectivity index (χ3n) is 0.906. The Morgan fingerprint density at radius 2 is 1.92 bits per heavy atom. The van der Waals surface area contributed by atoms with E-state index in [1.165, 1.54) is 0 Å². The zero-order valence-corrected chi connectivity index (χ0v) is 8.13. The van der Waals surface area contributed by atoms with Crippen LogP contribution in [-0.2, 0) is 4.79 Å². The predicted molar refractivity (Wildman–Crippen MR) is 50.3 cm³/mol. The summed E-state index contributed by atoms with van der Waals surface area (Å²) in [6, 6.07) is 0. The SMILES string of the molecule is CC(=O)O.CCNC(N)CC.N. The zero-order valence-electron chi connectivity index (χ0n) is 8.13. The molecule has 5 nitrogen and oxygen atoms in total. The quantitative estimate of drug-likeness (QED) is 0.473. The van der Waals surface area contributed by atoms with Gasteiger partial charge in [0.05, 0.1) is 6.17 Å². The summed E-state index contributed by atoms with van der Waals surface area (Å²) >= 11 is 0. The topological polar surface area (TPSA) is 110 Å². The number of nitrogens with one attached hydrogen (secondary N) is 1. The number of carboxylic acids is 1. The van der Waals surface area contributed by atoms with E-state index in [1.807, 2.05) is 0 Å². The van der Waals surface area contributed by atoms with Gasteiger partial charge in [-0.15, -0.1) is 0 Å². The first-order valence-corrected chi connectivity index (χ1v) is 3.73. The van der Waals surface area contributed by atoms with Gasteiger partial charge in [-0.3, -0.25) is 4.79 Å². The van der Waals surface area contributed by atoms with Crippen LogP contribution in [-0.4, -0.2) is 23.8 Å². The molecule has 0 radical (unpaired) electrons. The zero-order chi connectivity index (χ0) is 9.28. The first kappa shape index (κ1) is 17.4. The Balaban J connectivity index is -0.000000142. The highest BCUT2D eigenvalue weighted by Gasteiger charge is 1.90. The summed E-state index contributed by atoms with van der Waals surface area (Å²) in [6.07, 6.45) is 1.21. The summed E-state index contributed by atoms with van der Waals surface area (Å²) in [7, 11) is 0. The minimum Gasteiger partial charge on any atom is -0.481 e. The van der Waals surface area contributed by atoms with Crippen molar-refractivity contribution in [3.05, 3.63) is 0 Å². The molecule has 0 amide bonds. The molecule has 0 aliphatic rings. The summed E-state index contributed by atoms with van der Waals surface area (Å²) < 4.78 is 0. The third kappa shape index (κ3) is 34.5. The third-order valence-corrected chi connectivity index (χ3v) is 0.906. The maximum absolute atomic E-state index is 9.00. The van der Waals surface area contributed by atoms with E-state index in [0.29, 0.717) is 0 Å². The highest BCUT2D eigenvalue weighted by Crippen LogP contribution is 1.76. The molecule has 0 aromatic heterocycles. The molecule has 1 unspecified atom stereocenters. The van der Waals surface area contributed by atoms with Crippen molar-refractivity contribution in [1.82, 2.24) is 11.5 Å². The lowest BCUT2D eigenvalue weighted by Crippen LogP contribution is -2.36. The molecule has 0 aromatic carbocycles. The van der Waals surface area contributed by atoms with Crippen LogP contribution in [0.15, 0.2) is 0 Å². The maximum atomic E-state index is 9.00. The van der Waals surface area contributed by atoms with Crippen LogP contribution in [0.1, 0.15) is 27.2 Å². The minimum absolute atomic E-state index is 0. The molecule has 0 aliphatic carbocycles. The summed E-state index contributed by atoms with van der Waals surface area (Å²) in [4.78, 5) is 9.00. The molecule has 0 rings (SSSR count). The molecule has 0 bridgehead atoms. The molecule has 5 heteroatoms. The van der Waals surface area contributed by atoms with Crippen LogP contribution in [0.5, 0.6) is 0 Å². The molecular weight excluding hydrogens is 158 g/mol. The van der Waals surface area contributed by atoms with Gasteiger partial charge in [-0.1, -0.05) is 13.8 Å². The summed E-state index contributed by atoms with van der Waals surface area (Å²) in [5, 5.41) is 10.5. The first-order valence-electron chi connectivity index (χ1n) is 3.73. The Labute approximate surface area is 73.9 Å². The first-order chi connectivity index (χ1) is 5.04. The number of carboxylic acid groups (broad SMARTS) is 1. The van der Waals surface area contributed by atoms with E-state index in [9.17, 15) is 0 Å². The molecule has 0 heterocycles. The Bertz CT molecular complexity index is 94.7. The fourth-order valence-electron chi connectivity index (χ4n) is 0.407. The molecule has 0 fully saturated rings. The lowest BCUT2D eigenvalue weighted by molar-refractivity contribution is -0.134. The molecule has 0 saturated heterocycles. The van der Waals surface area contributed by atoms with Crippen molar-refractivity contribution in [2.45, 2.75) is 33.4 Å². The van der Waals surface area contributed by atoms with Crippen LogP contribution in [0, 0.1) is 0 Å². The Morgan fingerprint density at radius 3 is 2.00 bits per heavy atom. The Kier molecular flexibility index (Phi) is 18.9. The molecular formula is C7H21N3O2.